The number of carbonyl (C=O) groups excluding carboxylic acids is 2. The Hall–Kier alpha value is -2.37. The number of aryl methyl sites for hydroxylation is 1. The van der Waals surface area contributed by atoms with Crippen molar-refractivity contribution in [3.63, 3.8) is 0 Å². The first-order valence-corrected chi connectivity index (χ1v) is 5.68. The molecule has 6 heteroatoms. The summed E-state index contributed by atoms with van der Waals surface area (Å²) in [6, 6.07) is 3.29. The van der Waals surface area contributed by atoms with Gasteiger partial charge in [0.1, 0.15) is 12.3 Å². The van der Waals surface area contributed by atoms with Crippen molar-refractivity contribution < 1.29 is 14.3 Å². The van der Waals surface area contributed by atoms with Crippen LogP contribution >= 0.6 is 0 Å². The van der Waals surface area contributed by atoms with Crippen molar-refractivity contribution in [2.75, 3.05) is 14.1 Å². The van der Waals surface area contributed by atoms with Crippen LogP contribution in [0.4, 0.5) is 4.79 Å². The topological polar surface area (TPSA) is 85.5 Å². The lowest BCUT2D eigenvalue weighted by atomic mass is 10.1. The SMILES string of the molecule is Cc1nc(C(=O)C=CN(C)C)ccc1COC(N)=O. The minimum Gasteiger partial charge on any atom is -0.445 e. The normalized spacial score (nSPS) is 10.5. The molecule has 1 aromatic heterocycles. The number of rotatable bonds is 5. The minimum absolute atomic E-state index is 0.0518. The number of nitrogens with zero attached hydrogens (tertiary/aromatic N) is 2. The van der Waals surface area contributed by atoms with Gasteiger partial charge in [-0.05, 0) is 13.0 Å². The molecule has 1 rings (SSSR count). The summed E-state index contributed by atoms with van der Waals surface area (Å²) in [7, 11) is 3.65. The van der Waals surface area contributed by atoms with E-state index >= 15 is 0 Å². The molecule has 0 aromatic carbocycles. The maximum absolute atomic E-state index is 11.8. The average Bonchev–Trinajstić information content (AvgIpc) is 2.34. The van der Waals surface area contributed by atoms with Crippen molar-refractivity contribution in [2.24, 2.45) is 5.73 Å². The van der Waals surface area contributed by atoms with E-state index in [0.29, 0.717) is 17.0 Å². The van der Waals surface area contributed by atoms with E-state index in [-0.39, 0.29) is 12.4 Å². The second-order valence-corrected chi connectivity index (χ2v) is 4.19. The molecule has 0 saturated carbocycles. The Labute approximate surface area is 111 Å². The van der Waals surface area contributed by atoms with Crippen LogP contribution in [0.15, 0.2) is 24.4 Å². The third-order valence-electron chi connectivity index (χ3n) is 2.34. The summed E-state index contributed by atoms with van der Waals surface area (Å²) in [5.41, 5.74) is 6.58. The Bertz CT molecular complexity index is 510. The van der Waals surface area contributed by atoms with E-state index in [0.717, 1.165) is 0 Å². The molecule has 0 atom stereocenters. The lowest BCUT2D eigenvalue weighted by Gasteiger charge is -2.07. The molecule has 1 heterocycles. The summed E-state index contributed by atoms with van der Waals surface area (Å²) in [6.45, 7) is 1.79. The van der Waals surface area contributed by atoms with E-state index in [2.05, 4.69) is 9.72 Å². The molecule has 0 aliphatic heterocycles. The van der Waals surface area contributed by atoms with E-state index in [1.165, 1.54) is 6.08 Å². The number of nitrogens with two attached hydrogens (primary N) is 1. The first kappa shape index (κ1) is 14.7. The fourth-order valence-electron chi connectivity index (χ4n) is 1.33. The number of hydrogen-bond donors (Lipinski definition) is 1. The lowest BCUT2D eigenvalue weighted by molar-refractivity contribution is 0.104. The Morgan fingerprint density at radius 3 is 2.63 bits per heavy atom. The molecule has 19 heavy (non-hydrogen) atoms. The van der Waals surface area contributed by atoms with E-state index in [1.54, 1.807) is 30.2 Å². The summed E-state index contributed by atoms with van der Waals surface area (Å²) in [5, 5.41) is 0. The summed E-state index contributed by atoms with van der Waals surface area (Å²) >= 11 is 0. The molecular weight excluding hydrogens is 246 g/mol. The van der Waals surface area contributed by atoms with Crippen LogP contribution in [0.3, 0.4) is 0 Å². The van der Waals surface area contributed by atoms with Gasteiger partial charge >= 0.3 is 6.09 Å². The summed E-state index contributed by atoms with van der Waals surface area (Å²) in [6.07, 6.45) is 2.26. The number of primary amides is 1. The first-order chi connectivity index (χ1) is 8.90. The molecule has 0 aliphatic carbocycles. The highest BCUT2D eigenvalue weighted by molar-refractivity contribution is 6.02. The highest BCUT2D eigenvalue weighted by atomic mass is 16.5. The van der Waals surface area contributed by atoms with Crippen LogP contribution in [0.2, 0.25) is 0 Å². The van der Waals surface area contributed by atoms with Gasteiger partial charge in [-0.1, -0.05) is 6.07 Å². The van der Waals surface area contributed by atoms with Gasteiger partial charge in [0.25, 0.3) is 0 Å². The maximum Gasteiger partial charge on any atom is 0.404 e. The molecule has 0 unspecified atom stereocenters. The van der Waals surface area contributed by atoms with Gasteiger partial charge in [-0.2, -0.15) is 0 Å². The zero-order valence-electron chi connectivity index (χ0n) is 11.2. The van der Waals surface area contributed by atoms with Gasteiger partial charge < -0.3 is 15.4 Å². The van der Waals surface area contributed by atoms with Crippen molar-refractivity contribution in [3.8, 4) is 0 Å². The molecule has 0 spiro atoms. The van der Waals surface area contributed by atoms with Crippen molar-refractivity contribution >= 4 is 11.9 Å². The van der Waals surface area contributed by atoms with Crippen LogP contribution in [0, 0.1) is 6.92 Å². The Kier molecular flexibility index (Phi) is 5.05. The Morgan fingerprint density at radius 1 is 1.42 bits per heavy atom. The van der Waals surface area contributed by atoms with Gasteiger partial charge in [-0.25, -0.2) is 9.78 Å². The van der Waals surface area contributed by atoms with Crippen LogP contribution < -0.4 is 5.73 Å². The fourth-order valence-corrected chi connectivity index (χ4v) is 1.33. The number of hydrogen-bond acceptors (Lipinski definition) is 5. The second-order valence-electron chi connectivity index (χ2n) is 4.19. The number of amides is 1. The zero-order chi connectivity index (χ0) is 14.4. The second kappa shape index (κ2) is 6.53. The van der Waals surface area contributed by atoms with Crippen LogP contribution in [0.1, 0.15) is 21.7 Å². The van der Waals surface area contributed by atoms with E-state index in [4.69, 9.17) is 5.73 Å². The van der Waals surface area contributed by atoms with Crippen molar-refractivity contribution in [3.05, 3.63) is 41.4 Å². The standard InChI is InChI=1S/C13H17N3O3/c1-9-10(8-19-13(14)18)4-5-11(15-9)12(17)6-7-16(2)3/h4-7H,8H2,1-3H3,(H2,14,18). The molecule has 6 nitrogen and oxygen atoms in total. The first-order valence-electron chi connectivity index (χ1n) is 5.68. The molecule has 0 aliphatic rings. The summed E-state index contributed by atoms with van der Waals surface area (Å²) in [5.74, 6) is -0.181. The fraction of sp³-hybridized carbons (Fsp3) is 0.308. The molecule has 2 N–H and O–H groups in total. The van der Waals surface area contributed by atoms with Gasteiger partial charge in [0, 0.05) is 37.6 Å². The molecule has 0 radical (unpaired) electrons. The number of carbonyl (C=O) groups is 2. The van der Waals surface area contributed by atoms with E-state index in [1.807, 2.05) is 14.1 Å². The average molecular weight is 263 g/mol. The third-order valence-corrected chi connectivity index (χ3v) is 2.34. The molecule has 0 bridgehead atoms. The Balaban J connectivity index is 2.81. The molecule has 0 saturated heterocycles. The third kappa shape index (κ3) is 4.79. The van der Waals surface area contributed by atoms with Crippen LogP contribution in [0.25, 0.3) is 0 Å². The smallest absolute Gasteiger partial charge is 0.404 e. The van der Waals surface area contributed by atoms with Crippen molar-refractivity contribution in [2.45, 2.75) is 13.5 Å². The molecular formula is C13H17N3O3. The lowest BCUT2D eigenvalue weighted by Crippen LogP contribution is -2.13. The highest BCUT2D eigenvalue weighted by Gasteiger charge is 2.08. The van der Waals surface area contributed by atoms with Gasteiger partial charge in [0.05, 0.1) is 0 Å². The van der Waals surface area contributed by atoms with Crippen molar-refractivity contribution in [1.29, 1.82) is 0 Å². The van der Waals surface area contributed by atoms with Crippen LogP contribution in [-0.2, 0) is 11.3 Å². The van der Waals surface area contributed by atoms with Crippen molar-refractivity contribution in [1.82, 2.24) is 9.88 Å². The maximum atomic E-state index is 11.8. The molecule has 102 valence electrons. The highest BCUT2D eigenvalue weighted by Crippen LogP contribution is 2.09. The number of allylic oxidation sites excluding steroid dienone is 1. The molecule has 1 aromatic rings. The largest absolute Gasteiger partial charge is 0.445 e. The van der Waals surface area contributed by atoms with Gasteiger partial charge in [-0.3, -0.25) is 4.79 Å². The molecule has 0 fully saturated rings. The minimum atomic E-state index is -0.839. The Morgan fingerprint density at radius 2 is 2.11 bits per heavy atom. The quantitative estimate of drug-likeness (QED) is 0.638. The zero-order valence-corrected chi connectivity index (χ0v) is 11.2. The number of ketones is 1. The van der Waals surface area contributed by atoms with E-state index in [9.17, 15) is 9.59 Å². The van der Waals surface area contributed by atoms with Gasteiger partial charge in [0.15, 0.2) is 0 Å². The monoisotopic (exact) mass is 263 g/mol. The van der Waals surface area contributed by atoms with Crippen LogP contribution in [-0.4, -0.2) is 35.9 Å². The number of pyridine rings is 1. The summed E-state index contributed by atoms with van der Waals surface area (Å²) < 4.78 is 4.68. The van der Waals surface area contributed by atoms with Gasteiger partial charge in [-0.15, -0.1) is 0 Å². The predicted octanol–water partition coefficient (Wildman–Crippen LogP) is 1.24. The van der Waals surface area contributed by atoms with Crippen LogP contribution in [0.5, 0.6) is 0 Å². The van der Waals surface area contributed by atoms with E-state index < -0.39 is 6.09 Å². The summed E-state index contributed by atoms with van der Waals surface area (Å²) in [4.78, 5) is 28.3. The number of ether oxygens (including phenoxy) is 1. The predicted molar refractivity (Wildman–Crippen MR) is 70.5 cm³/mol. The molecule has 1 amide bonds. The van der Waals surface area contributed by atoms with Gasteiger partial charge in [0.2, 0.25) is 5.78 Å². The number of aromatic nitrogens is 1.